The molecule has 2 aliphatic rings. The van der Waals surface area contributed by atoms with Gasteiger partial charge in [-0.3, -0.25) is 14.6 Å². The van der Waals surface area contributed by atoms with E-state index in [4.69, 9.17) is 9.47 Å². The predicted molar refractivity (Wildman–Crippen MR) is 115 cm³/mol. The molecule has 0 saturated heterocycles. The summed E-state index contributed by atoms with van der Waals surface area (Å²) in [7, 11) is 2.89. The molecule has 0 radical (unpaired) electrons. The second-order valence-corrected chi connectivity index (χ2v) is 7.88. The van der Waals surface area contributed by atoms with E-state index in [0.29, 0.717) is 29.0 Å². The molecule has 3 atom stereocenters. The van der Waals surface area contributed by atoms with E-state index in [1.54, 1.807) is 32.2 Å². The minimum Gasteiger partial charge on any atom is -0.496 e. The number of aliphatic imine (C=N–C) groups is 1. The maximum absolute atomic E-state index is 14.8. The van der Waals surface area contributed by atoms with E-state index < -0.39 is 23.6 Å². The Morgan fingerprint density at radius 2 is 1.71 bits per heavy atom. The summed E-state index contributed by atoms with van der Waals surface area (Å²) in [6.45, 7) is 1.73. The molecule has 160 valence electrons. The van der Waals surface area contributed by atoms with E-state index in [1.165, 1.54) is 13.2 Å². The van der Waals surface area contributed by atoms with Crippen molar-refractivity contribution in [3.8, 4) is 5.75 Å². The van der Waals surface area contributed by atoms with Crippen LogP contribution in [0.15, 0.2) is 64.8 Å². The van der Waals surface area contributed by atoms with Crippen molar-refractivity contribution in [2.24, 2.45) is 10.9 Å². The van der Waals surface area contributed by atoms with Gasteiger partial charge in [-0.15, -0.1) is 0 Å². The third-order valence-electron chi connectivity index (χ3n) is 6.16. The van der Waals surface area contributed by atoms with Gasteiger partial charge in [0.2, 0.25) is 0 Å². The van der Waals surface area contributed by atoms with Crippen LogP contribution < -0.4 is 4.74 Å². The molecule has 0 fully saturated rings. The monoisotopic (exact) mass is 421 g/mol. The SMILES string of the molecule is COC(=O)C1C(C)=NC2=C(C(=O)C[C@@H](c3ccccc3OC)C2)[C@H]1c1ccccc1F. The number of halogens is 1. The normalized spacial score (nSPS) is 23.2. The van der Waals surface area contributed by atoms with Gasteiger partial charge in [-0.1, -0.05) is 36.4 Å². The lowest BCUT2D eigenvalue weighted by molar-refractivity contribution is -0.143. The number of para-hydroxylation sites is 1. The number of Topliss-reactive ketones (excluding diaryl/α,β-unsaturated/α-hetero) is 1. The molecule has 0 amide bonds. The molecular weight excluding hydrogens is 397 g/mol. The van der Waals surface area contributed by atoms with Gasteiger partial charge in [-0.25, -0.2) is 4.39 Å². The minimum absolute atomic E-state index is 0.102. The van der Waals surface area contributed by atoms with Crippen molar-refractivity contribution in [3.05, 3.63) is 76.7 Å². The number of rotatable bonds is 4. The molecule has 5 nitrogen and oxygen atoms in total. The van der Waals surface area contributed by atoms with Crippen LogP contribution in [0.3, 0.4) is 0 Å². The zero-order valence-electron chi connectivity index (χ0n) is 17.7. The highest BCUT2D eigenvalue weighted by molar-refractivity contribution is 6.09. The summed E-state index contributed by atoms with van der Waals surface area (Å²) in [6.07, 6.45) is 0.754. The Balaban J connectivity index is 1.84. The van der Waals surface area contributed by atoms with Gasteiger partial charge in [0.25, 0.3) is 0 Å². The molecule has 4 rings (SSSR count). The Morgan fingerprint density at radius 3 is 2.39 bits per heavy atom. The second kappa shape index (κ2) is 8.46. The Labute approximate surface area is 180 Å². The largest absolute Gasteiger partial charge is 0.496 e. The van der Waals surface area contributed by atoms with Gasteiger partial charge in [0.1, 0.15) is 17.5 Å². The molecule has 0 saturated carbocycles. The maximum atomic E-state index is 14.8. The molecule has 2 aromatic carbocycles. The lowest BCUT2D eigenvalue weighted by Gasteiger charge is -2.36. The first-order valence-electron chi connectivity index (χ1n) is 10.2. The van der Waals surface area contributed by atoms with Gasteiger partial charge < -0.3 is 9.47 Å². The number of carbonyl (C=O) groups is 2. The Hall–Kier alpha value is -3.28. The fourth-order valence-electron chi connectivity index (χ4n) is 4.78. The van der Waals surface area contributed by atoms with E-state index in [-0.39, 0.29) is 18.1 Å². The van der Waals surface area contributed by atoms with E-state index in [9.17, 15) is 14.0 Å². The molecule has 0 N–H and O–H groups in total. The number of methoxy groups -OCH3 is 2. The van der Waals surface area contributed by atoms with E-state index >= 15 is 0 Å². The van der Waals surface area contributed by atoms with Crippen LogP contribution in [-0.2, 0) is 14.3 Å². The van der Waals surface area contributed by atoms with E-state index in [2.05, 4.69) is 4.99 Å². The van der Waals surface area contributed by atoms with Crippen LogP contribution in [0.1, 0.15) is 42.7 Å². The fraction of sp³-hybridized carbons (Fsp3) is 0.320. The van der Waals surface area contributed by atoms with Crippen LogP contribution >= 0.6 is 0 Å². The third-order valence-corrected chi connectivity index (χ3v) is 6.16. The molecule has 0 bridgehead atoms. The average molecular weight is 421 g/mol. The number of benzene rings is 2. The summed E-state index contributed by atoms with van der Waals surface area (Å²) in [5.41, 5.74) is 2.79. The van der Waals surface area contributed by atoms with Crippen LogP contribution in [0.25, 0.3) is 0 Å². The van der Waals surface area contributed by atoms with Crippen molar-refractivity contribution >= 4 is 17.5 Å². The van der Waals surface area contributed by atoms with E-state index in [1.807, 2.05) is 24.3 Å². The van der Waals surface area contributed by atoms with Crippen LogP contribution in [0, 0.1) is 11.7 Å². The highest BCUT2D eigenvalue weighted by Gasteiger charge is 2.45. The van der Waals surface area contributed by atoms with Crippen molar-refractivity contribution in [2.75, 3.05) is 14.2 Å². The highest BCUT2D eigenvalue weighted by atomic mass is 19.1. The Bertz CT molecular complexity index is 1100. The van der Waals surface area contributed by atoms with Crippen molar-refractivity contribution < 1.29 is 23.5 Å². The Morgan fingerprint density at radius 1 is 1.03 bits per heavy atom. The topological polar surface area (TPSA) is 65.0 Å². The number of hydrogen-bond acceptors (Lipinski definition) is 5. The van der Waals surface area contributed by atoms with Gasteiger partial charge >= 0.3 is 5.97 Å². The molecule has 1 aliphatic carbocycles. The van der Waals surface area contributed by atoms with Crippen LogP contribution in [-0.4, -0.2) is 31.7 Å². The van der Waals surface area contributed by atoms with Crippen LogP contribution in [0.2, 0.25) is 0 Å². The summed E-state index contributed by atoms with van der Waals surface area (Å²) >= 11 is 0. The summed E-state index contributed by atoms with van der Waals surface area (Å²) in [6, 6.07) is 13.9. The molecule has 2 aromatic rings. The average Bonchev–Trinajstić information content (AvgIpc) is 2.78. The highest BCUT2D eigenvalue weighted by Crippen LogP contribution is 2.48. The zero-order chi connectivity index (χ0) is 22.1. The van der Waals surface area contributed by atoms with Gasteiger partial charge in [0, 0.05) is 35.2 Å². The molecule has 1 aliphatic heterocycles. The molecule has 31 heavy (non-hydrogen) atoms. The van der Waals surface area contributed by atoms with E-state index in [0.717, 1.165) is 11.3 Å². The van der Waals surface area contributed by atoms with Crippen molar-refractivity contribution in [1.82, 2.24) is 0 Å². The lowest BCUT2D eigenvalue weighted by atomic mass is 9.69. The summed E-state index contributed by atoms with van der Waals surface area (Å²) in [5.74, 6) is -2.09. The summed E-state index contributed by atoms with van der Waals surface area (Å²) in [5, 5.41) is 0. The smallest absolute Gasteiger partial charge is 0.315 e. The zero-order valence-corrected chi connectivity index (χ0v) is 17.7. The number of ether oxygens (including phenoxy) is 2. The van der Waals surface area contributed by atoms with Gasteiger partial charge in [0.05, 0.1) is 14.2 Å². The predicted octanol–water partition coefficient (Wildman–Crippen LogP) is 4.58. The summed E-state index contributed by atoms with van der Waals surface area (Å²) < 4.78 is 25.3. The second-order valence-electron chi connectivity index (χ2n) is 7.88. The molecular formula is C25H24FNO4. The van der Waals surface area contributed by atoms with Gasteiger partial charge in [0.15, 0.2) is 5.78 Å². The molecule has 1 unspecified atom stereocenters. The number of hydrogen-bond donors (Lipinski definition) is 0. The van der Waals surface area contributed by atoms with Crippen molar-refractivity contribution in [2.45, 2.75) is 31.6 Å². The number of ketones is 1. The number of esters is 1. The van der Waals surface area contributed by atoms with Crippen LogP contribution in [0.5, 0.6) is 5.75 Å². The first-order chi connectivity index (χ1) is 15.0. The standard InChI is InChI=1S/C25H24FNO4/c1-14-22(25(29)31-3)23(17-9-4-6-10-18(17)26)24-19(27-14)12-15(13-20(24)28)16-8-5-7-11-21(16)30-2/h4-11,15,22-23H,12-13H2,1-3H3/t15-,22?,23-/m0/s1. The quantitative estimate of drug-likeness (QED) is 0.678. The van der Waals surface area contributed by atoms with Crippen molar-refractivity contribution in [1.29, 1.82) is 0 Å². The fourth-order valence-corrected chi connectivity index (χ4v) is 4.78. The van der Waals surface area contributed by atoms with Gasteiger partial charge in [-0.05, 0) is 36.6 Å². The minimum atomic E-state index is -0.840. The Kier molecular flexibility index (Phi) is 5.72. The summed E-state index contributed by atoms with van der Waals surface area (Å²) in [4.78, 5) is 30.7. The molecule has 1 heterocycles. The molecule has 0 spiro atoms. The molecule has 0 aromatic heterocycles. The maximum Gasteiger partial charge on any atom is 0.315 e. The number of carbonyl (C=O) groups excluding carboxylic acids is 2. The first-order valence-corrected chi connectivity index (χ1v) is 10.2. The van der Waals surface area contributed by atoms with Crippen LogP contribution in [0.4, 0.5) is 4.39 Å². The van der Waals surface area contributed by atoms with Crippen molar-refractivity contribution in [3.63, 3.8) is 0 Å². The molecule has 6 heteroatoms. The number of nitrogens with zero attached hydrogens (tertiary/aromatic N) is 1. The first kappa shape index (κ1) is 21.0. The van der Waals surface area contributed by atoms with Gasteiger partial charge in [-0.2, -0.15) is 0 Å². The third kappa shape index (κ3) is 3.67. The lowest BCUT2D eigenvalue weighted by Crippen LogP contribution is -2.38. The number of allylic oxidation sites excluding steroid dienone is 2.